The number of carbonyl (C=O) groups excluding carboxylic acids is 2. The molecule has 0 aromatic heterocycles. The molecule has 3 aliphatic heterocycles. The van der Waals surface area contributed by atoms with Gasteiger partial charge in [0.05, 0.1) is 31.8 Å². The van der Waals surface area contributed by atoms with E-state index in [1.54, 1.807) is 19.0 Å². The molecule has 0 spiro atoms. The first-order valence-corrected chi connectivity index (χ1v) is 14.0. The van der Waals surface area contributed by atoms with E-state index in [0.717, 1.165) is 6.92 Å². The average Bonchev–Trinajstić information content (AvgIpc) is 3.49. The summed E-state index contributed by atoms with van der Waals surface area (Å²) in [5.74, 6) is -1.99. The molecule has 2 saturated heterocycles. The van der Waals surface area contributed by atoms with Crippen LogP contribution in [0.25, 0.3) is 0 Å². The lowest BCUT2D eigenvalue weighted by atomic mass is 9.94. The van der Waals surface area contributed by atoms with Gasteiger partial charge in [0.2, 0.25) is 11.8 Å². The number of aliphatic hydroxyl groups is 7. The Morgan fingerprint density at radius 1 is 0.791 bits per heavy atom. The number of rotatable bonds is 9. The van der Waals surface area contributed by atoms with Crippen molar-refractivity contribution >= 4 is 17.8 Å². The third kappa shape index (κ3) is 6.74. The van der Waals surface area contributed by atoms with E-state index in [4.69, 9.17) is 23.7 Å². The van der Waals surface area contributed by atoms with Gasteiger partial charge in [0.1, 0.15) is 67.0 Å². The summed E-state index contributed by atoms with van der Waals surface area (Å²) in [4.78, 5) is 30.0. The third-order valence-corrected chi connectivity index (χ3v) is 8.02. The minimum atomic E-state index is -1.67. The van der Waals surface area contributed by atoms with Gasteiger partial charge in [-0.25, -0.2) is 4.99 Å². The molecule has 2 amide bonds. The van der Waals surface area contributed by atoms with Crippen molar-refractivity contribution in [2.45, 2.75) is 99.5 Å². The van der Waals surface area contributed by atoms with E-state index < -0.39 is 123 Å². The van der Waals surface area contributed by atoms with Crippen molar-refractivity contribution in [3.05, 3.63) is 0 Å². The van der Waals surface area contributed by atoms with Gasteiger partial charge >= 0.3 is 0 Å². The van der Waals surface area contributed by atoms with E-state index >= 15 is 0 Å². The summed E-state index contributed by atoms with van der Waals surface area (Å²) in [7, 11) is 3.42. The summed E-state index contributed by atoms with van der Waals surface area (Å²) in [6.07, 6.45) is -15.2. The number of carbonyl (C=O) groups is 2. The molecule has 0 radical (unpaired) electrons. The SMILES string of the molecule is CC(=O)N[C@H]1[C@H](O[C@H]2[C@@H](O)[C@@H](NC(C)=O)[C@H](O[C@H]3[C@H](O)[C@@H]4N=C(N(C)C)O[C@H]4[C@@H]3CO)O[C@@H]2CO)O[C@H](CO)[C@@H](O)[C@H]1O. The molecule has 0 aromatic carbocycles. The highest BCUT2D eigenvalue weighted by molar-refractivity contribution is 5.76. The molecule has 18 nitrogen and oxygen atoms in total. The van der Waals surface area contributed by atoms with Gasteiger partial charge in [0.25, 0.3) is 6.02 Å². The highest BCUT2D eigenvalue weighted by atomic mass is 16.7. The first-order chi connectivity index (χ1) is 20.3. The van der Waals surface area contributed by atoms with E-state index in [1.165, 1.54) is 6.92 Å². The normalized spacial score (nSPS) is 44.3. The molecule has 3 fully saturated rings. The van der Waals surface area contributed by atoms with Gasteiger partial charge in [-0.15, -0.1) is 0 Å². The van der Waals surface area contributed by atoms with Gasteiger partial charge in [-0.05, 0) is 0 Å². The fourth-order valence-corrected chi connectivity index (χ4v) is 5.91. The number of nitrogens with zero attached hydrogens (tertiary/aromatic N) is 2. The summed E-state index contributed by atoms with van der Waals surface area (Å²) in [6.45, 7) is 0.403. The zero-order valence-electron chi connectivity index (χ0n) is 24.2. The van der Waals surface area contributed by atoms with Gasteiger partial charge < -0.3 is 75.0 Å². The molecule has 0 aromatic rings. The number of hydrogen-bond donors (Lipinski definition) is 9. The van der Waals surface area contributed by atoms with E-state index in [0.29, 0.717) is 0 Å². The molecule has 15 atom stereocenters. The summed E-state index contributed by atoms with van der Waals surface area (Å²) >= 11 is 0. The smallest absolute Gasteiger partial charge is 0.287 e. The standard InChI is InChI=1S/C25H42N4O14/c1-8(33)26-14-17(36)16(35)11(6-31)39-23(14)42-22-12(7-32)40-24(15(19(22)38)27-9(2)34)41-21-10(5-30)20-13(18(21)37)28-25(43-20)29(3)4/h10-24,30-32,35-38H,5-7H2,1-4H3,(H,26,33)(H,27,34)/t10-,11+,12+,13-,14+,15+,16+,17-,18+,19-,20-,21+,22+,23-,24-/m0/s1. The Morgan fingerprint density at radius 2 is 1.33 bits per heavy atom. The maximum atomic E-state index is 12.2. The maximum absolute atomic E-state index is 12.2. The Balaban J connectivity index is 1.57. The lowest BCUT2D eigenvalue weighted by Gasteiger charge is -2.48. The van der Waals surface area contributed by atoms with Gasteiger partial charge in [-0.3, -0.25) is 9.59 Å². The van der Waals surface area contributed by atoms with Crippen LogP contribution in [0, 0.1) is 5.92 Å². The second kappa shape index (κ2) is 13.8. The van der Waals surface area contributed by atoms with Crippen LogP contribution in [0.3, 0.4) is 0 Å². The minimum absolute atomic E-state index is 0.273. The van der Waals surface area contributed by atoms with Crippen molar-refractivity contribution in [2.24, 2.45) is 10.9 Å². The molecule has 43 heavy (non-hydrogen) atoms. The summed E-state index contributed by atoms with van der Waals surface area (Å²) < 4.78 is 29.3. The molecule has 0 unspecified atom stereocenters. The number of ether oxygens (including phenoxy) is 5. The third-order valence-electron chi connectivity index (χ3n) is 8.02. The predicted molar refractivity (Wildman–Crippen MR) is 141 cm³/mol. The molecule has 0 bridgehead atoms. The molecule has 4 aliphatic rings. The van der Waals surface area contributed by atoms with Crippen LogP contribution < -0.4 is 10.6 Å². The number of fused-ring (bicyclic) bond motifs is 1. The second-order valence-corrected chi connectivity index (χ2v) is 11.3. The van der Waals surface area contributed by atoms with E-state index in [1.807, 2.05) is 0 Å². The van der Waals surface area contributed by atoms with Crippen molar-refractivity contribution in [1.29, 1.82) is 0 Å². The van der Waals surface area contributed by atoms with Crippen LogP contribution in [0.1, 0.15) is 13.8 Å². The first kappa shape index (κ1) is 33.7. The summed E-state index contributed by atoms with van der Waals surface area (Å²) in [6, 6.07) is -3.21. The number of amides is 2. The molecular formula is C25H42N4O14. The van der Waals surface area contributed by atoms with E-state index in [9.17, 15) is 45.3 Å². The van der Waals surface area contributed by atoms with E-state index in [-0.39, 0.29) is 6.02 Å². The monoisotopic (exact) mass is 622 g/mol. The second-order valence-electron chi connectivity index (χ2n) is 11.3. The Labute approximate surface area is 247 Å². The largest absolute Gasteiger partial charge is 0.459 e. The number of aliphatic imine (C=N–C) groups is 1. The fourth-order valence-electron chi connectivity index (χ4n) is 5.91. The molecule has 9 N–H and O–H groups in total. The number of amidine groups is 1. The Morgan fingerprint density at radius 3 is 1.84 bits per heavy atom. The van der Waals surface area contributed by atoms with Crippen molar-refractivity contribution in [1.82, 2.24) is 15.5 Å². The lowest BCUT2D eigenvalue weighted by Crippen LogP contribution is -2.69. The number of aliphatic hydroxyl groups excluding tert-OH is 7. The summed E-state index contributed by atoms with van der Waals surface area (Å²) in [5.41, 5.74) is 0. The maximum Gasteiger partial charge on any atom is 0.287 e. The molecule has 1 aliphatic carbocycles. The van der Waals surface area contributed by atoms with Crippen LogP contribution in [0.5, 0.6) is 0 Å². The highest BCUT2D eigenvalue weighted by Gasteiger charge is 2.58. The van der Waals surface area contributed by atoms with Crippen LogP contribution in [-0.2, 0) is 33.3 Å². The predicted octanol–water partition coefficient (Wildman–Crippen LogP) is -6.05. The quantitative estimate of drug-likeness (QED) is 0.116. The number of nitrogens with one attached hydrogen (secondary N) is 2. The molecule has 3 heterocycles. The molecular weight excluding hydrogens is 580 g/mol. The van der Waals surface area contributed by atoms with Crippen molar-refractivity contribution in [2.75, 3.05) is 33.9 Å². The Hall–Kier alpha value is -2.23. The van der Waals surface area contributed by atoms with Gasteiger partial charge in [-0.1, -0.05) is 0 Å². The van der Waals surface area contributed by atoms with Crippen molar-refractivity contribution < 1.29 is 69.0 Å². The van der Waals surface area contributed by atoms with Crippen molar-refractivity contribution in [3.8, 4) is 0 Å². The molecule has 1 saturated carbocycles. The van der Waals surface area contributed by atoms with Crippen LogP contribution >= 0.6 is 0 Å². The first-order valence-electron chi connectivity index (χ1n) is 14.0. The van der Waals surface area contributed by atoms with Crippen molar-refractivity contribution in [3.63, 3.8) is 0 Å². The zero-order chi connectivity index (χ0) is 31.7. The highest BCUT2D eigenvalue weighted by Crippen LogP contribution is 2.39. The van der Waals surface area contributed by atoms with Crippen LogP contribution in [-0.4, -0.2) is 178 Å². The fraction of sp³-hybridized carbons (Fsp3) is 0.880. The van der Waals surface area contributed by atoms with Gasteiger partial charge in [0, 0.05) is 27.9 Å². The van der Waals surface area contributed by atoms with Gasteiger partial charge in [-0.2, -0.15) is 0 Å². The Kier molecular flexibility index (Phi) is 10.8. The van der Waals surface area contributed by atoms with Gasteiger partial charge in [0.15, 0.2) is 12.6 Å². The molecule has 18 heteroatoms. The molecule has 4 rings (SSSR count). The lowest BCUT2D eigenvalue weighted by molar-refractivity contribution is -0.339. The zero-order valence-corrected chi connectivity index (χ0v) is 24.2. The summed E-state index contributed by atoms with van der Waals surface area (Å²) in [5, 5.41) is 78.3. The molecule has 246 valence electrons. The number of hydrogen-bond acceptors (Lipinski definition) is 16. The van der Waals surface area contributed by atoms with Crippen LogP contribution in [0.2, 0.25) is 0 Å². The Bertz CT molecular complexity index is 1020. The van der Waals surface area contributed by atoms with Crippen LogP contribution in [0.15, 0.2) is 4.99 Å². The van der Waals surface area contributed by atoms with E-state index in [2.05, 4.69) is 15.6 Å². The van der Waals surface area contributed by atoms with Crippen LogP contribution in [0.4, 0.5) is 0 Å². The average molecular weight is 623 g/mol. The topological polar surface area (TPSA) is 262 Å². The minimum Gasteiger partial charge on any atom is -0.459 e.